The van der Waals surface area contributed by atoms with Crippen molar-refractivity contribution in [3.63, 3.8) is 0 Å². The average Bonchev–Trinajstić information content (AvgIpc) is 3.21. The fourth-order valence-electron chi connectivity index (χ4n) is 4.04. The molecule has 11 nitrogen and oxygen atoms in total. The summed E-state index contributed by atoms with van der Waals surface area (Å²) in [5.41, 5.74) is 8.45. The van der Waals surface area contributed by atoms with Gasteiger partial charge in [0.15, 0.2) is 0 Å². The summed E-state index contributed by atoms with van der Waals surface area (Å²) in [5.74, 6) is -4.56. The lowest BCUT2D eigenvalue weighted by molar-refractivity contribution is -0.151. The number of rotatable bonds is 9. The van der Waals surface area contributed by atoms with Crippen LogP contribution in [0.3, 0.4) is 0 Å². The molecule has 1 aliphatic carbocycles. The predicted molar refractivity (Wildman–Crippen MR) is 126 cm³/mol. The van der Waals surface area contributed by atoms with Crippen molar-refractivity contribution in [1.29, 1.82) is 0 Å². The molecule has 11 heteroatoms. The molecule has 1 unspecified atom stereocenters. The zero-order valence-electron chi connectivity index (χ0n) is 19.6. The number of carbonyl (C=O) groups is 5. The minimum absolute atomic E-state index is 0.0302. The van der Waals surface area contributed by atoms with Crippen molar-refractivity contribution in [3.05, 3.63) is 59.7 Å². The summed E-state index contributed by atoms with van der Waals surface area (Å²) in [5, 5.41) is 10.9. The van der Waals surface area contributed by atoms with E-state index < -0.39 is 35.9 Å². The van der Waals surface area contributed by atoms with Gasteiger partial charge < -0.3 is 19.9 Å². The molecule has 0 saturated heterocycles. The Labute approximate surface area is 207 Å². The number of benzene rings is 2. The van der Waals surface area contributed by atoms with E-state index in [9.17, 15) is 24.0 Å². The van der Waals surface area contributed by atoms with Crippen LogP contribution in [0.2, 0.25) is 0 Å². The average molecular weight is 498 g/mol. The monoisotopic (exact) mass is 497 g/mol. The maximum Gasteiger partial charge on any atom is 0.426 e. The van der Waals surface area contributed by atoms with Crippen molar-refractivity contribution in [2.75, 3.05) is 13.7 Å². The number of esters is 1. The van der Waals surface area contributed by atoms with E-state index in [4.69, 9.17) is 9.84 Å². The highest BCUT2D eigenvalue weighted by Gasteiger charge is 2.29. The van der Waals surface area contributed by atoms with E-state index in [1.165, 1.54) is 7.11 Å². The van der Waals surface area contributed by atoms with E-state index in [-0.39, 0.29) is 25.4 Å². The molecule has 0 saturated carbocycles. The molecular formula is C25H27N3O8. The molecule has 2 aromatic carbocycles. The molecule has 3 amide bonds. The molecule has 0 heterocycles. The Kier molecular flexibility index (Phi) is 8.98. The molecule has 36 heavy (non-hydrogen) atoms. The number of methoxy groups -OCH3 is 1. The van der Waals surface area contributed by atoms with Gasteiger partial charge in [-0.15, -0.1) is 0 Å². The van der Waals surface area contributed by atoms with Crippen molar-refractivity contribution in [3.8, 4) is 11.1 Å². The normalized spacial score (nSPS) is 12.5. The first-order valence-corrected chi connectivity index (χ1v) is 11.3. The van der Waals surface area contributed by atoms with E-state index >= 15 is 0 Å². The molecule has 0 bridgehead atoms. The quantitative estimate of drug-likeness (QED) is 0.177. The van der Waals surface area contributed by atoms with Gasteiger partial charge in [0.25, 0.3) is 5.91 Å². The number of hydrazine groups is 1. The predicted octanol–water partition coefficient (Wildman–Crippen LogP) is 1.86. The van der Waals surface area contributed by atoms with Crippen LogP contribution in [0.15, 0.2) is 48.5 Å². The Balaban J connectivity index is 1.53. The van der Waals surface area contributed by atoms with Gasteiger partial charge >= 0.3 is 23.9 Å². The number of amides is 3. The molecule has 3 rings (SSSR count). The van der Waals surface area contributed by atoms with E-state index in [2.05, 4.69) is 20.9 Å². The summed E-state index contributed by atoms with van der Waals surface area (Å²) < 4.78 is 9.87. The lowest BCUT2D eigenvalue weighted by atomic mass is 9.98. The minimum atomic E-state index is -1.76. The van der Waals surface area contributed by atoms with Crippen molar-refractivity contribution in [2.24, 2.45) is 0 Å². The van der Waals surface area contributed by atoms with Crippen molar-refractivity contribution >= 4 is 29.8 Å². The van der Waals surface area contributed by atoms with Crippen LogP contribution >= 0.6 is 0 Å². The van der Waals surface area contributed by atoms with Crippen LogP contribution in [-0.2, 0) is 28.7 Å². The third kappa shape index (κ3) is 6.59. The van der Waals surface area contributed by atoms with E-state index in [1.807, 2.05) is 48.5 Å². The molecule has 0 aliphatic heterocycles. The van der Waals surface area contributed by atoms with Crippen molar-refractivity contribution < 1.29 is 38.6 Å². The number of nitrogens with one attached hydrogen (secondary N) is 3. The maximum atomic E-state index is 12.5. The Hall–Kier alpha value is -4.41. The first-order valence-electron chi connectivity index (χ1n) is 11.3. The summed E-state index contributed by atoms with van der Waals surface area (Å²) in [4.78, 5) is 58.4. The molecule has 4 N–H and O–H groups in total. The number of carboxylic acid groups (broad SMARTS) is 1. The fourth-order valence-corrected chi connectivity index (χ4v) is 4.04. The van der Waals surface area contributed by atoms with Gasteiger partial charge in [0.1, 0.15) is 12.6 Å². The van der Waals surface area contributed by atoms with Crippen LogP contribution < -0.4 is 16.2 Å². The smallest absolute Gasteiger partial charge is 0.426 e. The van der Waals surface area contributed by atoms with Crippen molar-refractivity contribution in [2.45, 2.75) is 37.6 Å². The van der Waals surface area contributed by atoms with Gasteiger partial charge in [-0.05, 0) is 35.1 Å². The minimum Gasteiger partial charge on any atom is -0.474 e. The summed E-state index contributed by atoms with van der Waals surface area (Å²) >= 11 is 0. The van der Waals surface area contributed by atoms with Crippen molar-refractivity contribution in [1.82, 2.24) is 16.2 Å². The summed E-state index contributed by atoms with van der Waals surface area (Å²) in [7, 11) is 1.25. The molecule has 1 atom stereocenters. The number of hydrogen-bond donors (Lipinski definition) is 4. The van der Waals surface area contributed by atoms with E-state index in [0.29, 0.717) is 12.8 Å². The molecule has 0 radical (unpaired) electrons. The third-order valence-corrected chi connectivity index (χ3v) is 5.80. The molecule has 1 aliphatic rings. The number of hydrogen-bond acceptors (Lipinski definition) is 7. The van der Waals surface area contributed by atoms with E-state index in [1.54, 1.807) is 0 Å². The second-order valence-electron chi connectivity index (χ2n) is 8.09. The second kappa shape index (κ2) is 12.3. The molecule has 0 aromatic heterocycles. The standard InChI is InChI=1S/C25H27N3O8/c1-35-21(29)13-7-6-12-20(26-23(31)24(32)33)22(30)27-28-25(34)36-14-19-17-10-4-2-8-15(17)16-9-3-5-11-18(16)19/h2-5,8-11,19-20H,6-7,12-14H2,1H3,(H,26,31)(H,27,30)(H,28,34)(H,32,33). The zero-order chi connectivity index (χ0) is 26.1. The Morgan fingerprint density at radius 1 is 0.917 bits per heavy atom. The SMILES string of the molecule is COC(=O)CCCCC(NC(=O)C(=O)O)C(=O)NNC(=O)OCC1c2ccccc2-c2ccccc21. The molecular weight excluding hydrogens is 470 g/mol. The highest BCUT2D eigenvalue weighted by molar-refractivity contribution is 6.32. The molecule has 0 spiro atoms. The summed E-state index contributed by atoms with van der Waals surface area (Å²) in [6.07, 6.45) is -0.0968. The van der Waals surface area contributed by atoms with Gasteiger partial charge in [-0.3, -0.25) is 19.8 Å². The third-order valence-electron chi connectivity index (χ3n) is 5.80. The Morgan fingerprint density at radius 3 is 2.11 bits per heavy atom. The lowest BCUT2D eigenvalue weighted by Gasteiger charge is -2.18. The number of carboxylic acids is 1. The molecule has 190 valence electrons. The second-order valence-corrected chi connectivity index (χ2v) is 8.09. The highest BCUT2D eigenvalue weighted by atomic mass is 16.6. The maximum absolute atomic E-state index is 12.5. The number of unbranched alkanes of at least 4 members (excludes halogenated alkanes) is 1. The van der Waals surface area contributed by atoms with Gasteiger partial charge in [-0.2, -0.15) is 0 Å². The first-order chi connectivity index (χ1) is 17.3. The van der Waals surface area contributed by atoms with Gasteiger partial charge in [0.05, 0.1) is 7.11 Å². The van der Waals surface area contributed by atoms with Crippen LogP contribution in [0.4, 0.5) is 4.79 Å². The van der Waals surface area contributed by atoms with Crippen LogP contribution in [0, 0.1) is 0 Å². The van der Waals surface area contributed by atoms with Gasteiger partial charge in [-0.1, -0.05) is 55.0 Å². The molecule has 0 fully saturated rings. The Bertz CT molecular complexity index is 1100. The van der Waals surface area contributed by atoms with Crippen LogP contribution in [0.1, 0.15) is 42.7 Å². The van der Waals surface area contributed by atoms with Crippen LogP contribution in [-0.4, -0.2) is 54.7 Å². The van der Waals surface area contributed by atoms with Crippen LogP contribution in [0.25, 0.3) is 11.1 Å². The Morgan fingerprint density at radius 2 is 1.53 bits per heavy atom. The highest BCUT2D eigenvalue weighted by Crippen LogP contribution is 2.44. The fraction of sp³-hybridized carbons (Fsp3) is 0.320. The number of fused-ring (bicyclic) bond motifs is 3. The van der Waals surface area contributed by atoms with E-state index in [0.717, 1.165) is 22.3 Å². The summed E-state index contributed by atoms with van der Waals surface area (Å²) in [6, 6.07) is 14.4. The van der Waals surface area contributed by atoms with Gasteiger partial charge in [-0.25, -0.2) is 15.0 Å². The lowest BCUT2D eigenvalue weighted by Crippen LogP contribution is -2.53. The largest absolute Gasteiger partial charge is 0.474 e. The zero-order valence-corrected chi connectivity index (χ0v) is 19.6. The molecule has 2 aromatic rings. The topological polar surface area (TPSA) is 160 Å². The first kappa shape index (κ1) is 26.2. The number of carbonyl (C=O) groups excluding carboxylic acids is 4. The number of ether oxygens (including phenoxy) is 2. The number of aliphatic carboxylic acids is 1. The summed E-state index contributed by atoms with van der Waals surface area (Å²) in [6.45, 7) is 0.0302. The van der Waals surface area contributed by atoms with Gasteiger partial charge in [0, 0.05) is 12.3 Å². The van der Waals surface area contributed by atoms with Crippen LogP contribution in [0.5, 0.6) is 0 Å². The van der Waals surface area contributed by atoms with Gasteiger partial charge in [0.2, 0.25) is 0 Å².